The van der Waals surface area contributed by atoms with Gasteiger partial charge in [-0.25, -0.2) is 9.59 Å². The number of nitrogens with one attached hydrogen (secondary N) is 1. The highest BCUT2D eigenvalue weighted by molar-refractivity contribution is 7.18. The van der Waals surface area contributed by atoms with E-state index in [1.165, 1.54) is 11.3 Å². The van der Waals surface area contributed by atoms with Crippen LogP contribution in [0.2, 0.25) is 4.34 Å². The van der Waals surface area contributed by atoms with Crippen molar-refractivity contribution in [2.75, 3.05) is 43.0 Å². The van der Waals surface area contributed by atoms with Crippen LogP contribution in [0.4, 0.5) is 21.0 Å². The number of ether oxygens (including phenoxy) is 1. The lowest BCUT2D eigenvalue weighted by atomic mass is 10.1. The van der Waals surface area contributed by atoms with Gasteiger partial charge in [0.05, 0.1) is 22.3 Å². The number of urea groups is 1. The van der Waals surface area contributed by atoms with E-state index in [9.17, 15) is 14.4 Å². The second-order valence-corrected chi connectivity index (χ2v) is 9.33. The third kappa shape index (κ3) is 4.47. The quantitative estimate of drug-likeness (QED) is 0.734. The van der Waals surface area contributed by atoms with Crippen LogP contribution in [0.3, 0.4) is 0 Å². The van der Waals surface area contributed by atoms with Crippen molar-refractivity contribution in [3.8, 4) is 0 Å². The number of aryl methyl sites for hydroxylation is 1. The third-order valence-electron chi connectivity index (χ3n) is 5.38. The Morgan fingerprint density at radius 3 is 2.74 bits per heavy atom. The van der Waals surface area contributed by atoms with Gasteiger partial charge in [-0.05, 0) is 49.2 Å². The van der Waals surface area contributed by atoms with E-state index in [0.29, 0.717) is 28.0 Å². The standard InChI is InChI=1S/C21H23ClN4O4S/c1-13-10-14(4-5-16(13)25-9-3-8-24(2)20(25)28)26-12-15(30-21(26)29)11-23-19(27)17-6-7-18(22)31-17/h4-7,10,15H,3,8-9,11-12H2,1-2H3,(H,23,27). The maximum Gasteiger partial charge on any atom is 0.414 e. The van der Waals surface area contributed by atoms with Crippen LogP contribution < -0.4 is 15.1 Å². The molecule has 31 heavy (non-hydrogen) atoms. The number of carbonyl (C=O) groups excluding carboxylic acids is 3. The minimum atomic E-state index is -0.459. The molecule has 2 aromatic rings. The first-order chi connectivity index (χ1) is 14.8. The Hall–Kier alpha value is -2.78. The van der Waals surface area contributed by atoms with E-state index in [4.69, 9.17) is 16.3 Å². The van der Waals surface area contributed by atoms with Gasteiger partial charge in [0.1, 0.15) is 6.10 Å². The number of carbonyl (C=O) groups is 3. The number of halogens is 1. The molecule has 1 unspecified atom stereocenters. The lowest BCUT2D eigenvalue weighted by molar-refractivity contribution is 0.0920. The average Bonchev–Trinajstić information content (AvgIpc) is 3.34. The van der Waals surface area contributed by atoms with E-state index >= 15 is 0 Å². The fourth-order valence-electron chi connectivity index (χ4n) is 3.77. The Balaban J connectivity index is 1.40. The van der Waals surface area contributed by atoms with E-state index in [1.807, 2.05) is 25.1 Å². The van der Waals surface area contributed by atoms with Gasteiger partial charge in [-0.1, -0.05) is 11.6 Å². The number of cyclic esters (lactones) is 1. The predicted octanol–water partition coefficient (Wildman–Crippen LogP) is 3.73. The zero-order valence-electron chi connectivity index (χ0n) is 17.3. The Kier molecular flexibility index (Phi) is 6.06. The number of hydrogen-bond donors (Lipinski definition) is 1. The molecule has 164 valence electrons. The second-order valence-electron chi connectivity index (χ2n) is 7.61. The highest BCUT2D eigenvalue weighted by Gasteiger charge is 2.33. The molecule has 1 atom stereocenters. The Labute approximate surface area is 189 Å². The number of nitrogens with zero attached hydrogens (tertiary/aromatic N) is 3. The molecule has 1 aromatic carbocycles. The Morgan fingerprint density at radius 2 is 2.03 bits per heavy atom. The lowest BCUT2D eigenvalue weighted by Gasteiger charge is -2.34. The summed E-state index contributed by atoms with van der Waals surface area (Å²) in [5, 5.41) is 2.78. The Morgan fingerprint density at radius 1 is 1.23 bits per heavy atom. The van der Waals surface area contributed by atoms with Crippen LogP contribution in [-0.2, 0) is 4.74 Å². The van der Waals surface area contributed by atoms with E-state index in [0.717, 1.165) is 24.2 Å². The minimum absolute atomic E-state index is 0.0227. The van der Waals surface area contributed by atoms with Crippen molar-refractivity contribution in [1.29, 1.82) is 0 Å². The summed E-state index contributed by atoms with van der Waals surface area (Å²) in [7, 11) is 1.80. The van der Waals surface area contributed by atoms with Gasteiger partial charge < -0.3 is 15.0 Å². The lowest BCUT2D eigenvalue weighted by Crippen LogP contribution is -2.47. The van der Waals surface area contributed by atoms with Crippen LogP contribution in [0.5, 0.6) is 0 Å². The number of rotatable bonds is 5. The van der Waals surface area contributed by atoms with Gasteiger partial charge in [0.25, 0.3) is 5.91 Å². The molecule has 0 spiro atoms. The topological polar surface area (TPSA) is 82.2 Å². The summed E-state index contributed by atoms with van der Waals surface area (Å²) < 4.78 is 5.96. The Bertz CT molecular complexity index is 1030. The van der Waals surface area contributed by atoms with Crippen molar-refractivity contribution in [3.05, 3.63) is 45.1 Å². The molecule has 3 heterocycles. The maximum atomic E-state index is 12.5. The second kappa shape index (κ2) is 8.76. The van der Waals surface area contributed by atoms with Crippen LogP contribution in [-0.4, -0.2) is 62.3 Å². The van der Waals surface area contributed by atoms with E-state index in [-0.39, 0.29) is 18.5 Å². The van der Waals surface area contributed by atoms with Crippen LogP contribution in [0.1, 0.15) is 21.7 Å². The van der Waals surface area contributed by atoms with Crippen molar-refractivity contribution >= 4 is 52.3 Å². The largest absolute Gasteiger partial charge is 0.442 e. The molecule has 0 saturated carbocycles. The molecule has 8 nitrogen and oxygen atoms in total. The number of amides is 4. The monoisotopic (exact) mass is 462 g/mol. The van der Waals surface area contributed by atoms with Gasteiger partial charge in [0, 0.05) is 31.5 Å². The number of thiophene rings is 1. The normalized spacial score (nSPS) is 19.1. The zero-order chi connectivity index (χ0) is 22.1. The smallest absolute Gasteiger partial charge is 0.414 e. The predicted molar refractivity (Wildman–Crippen MR) is 120 cm³/mol. The molecule has 1 aromatic heterocycles. The summed E-state index contributed by atoms with van der Waals surface area (Å²) in [6.45, 7) is 3.89. The number of hydrogen-bond acceptors (Lipinski definition) is 5. The van der Waals surface area contributed by atoms with Crippen LogP contribution in [0.15, 0.2) is 30.3 Å². The van der Waals surface area contributed by atoms with Crippen molar-refractivity contribution in [2.24, 2.45) is 0 Å². The molecule has 4 rings (SSSR count). The zero-order valence-corrected chi connectivity index (χ0v) is 18.8. The van der Waals surface area contributed by atoms with E-state index in [1.54, 1.807) is 33.9 Å². The van der Waals surface area contributed by atoms with E-state index in [2.05, 4.69) is 5.32 Å². The molecule has 0 aliphatic carbocycles. The molecule has 0 radical (unpaired) electrons. The summed E-state index contributed by atoms with van der Waals surface area (Å²) >= 11 is 7.06. The van der Waals surface area contributed by atoms with Crippen LogP contribution in [0, 0.1) is 6.92 Å². The van der Waals surface area contributed by atoms with Gasteiger partial charge >= 0.3 is 12.1 Å². The fourth-order valence-corrected chi connectivity index (χ4v) is 4.73. The summed E-state index contributed by atoms with van der Waals surface area (Å²) in [6, 6.07) is 8.87. The van der Waals surface area contributed by atoms with Gasteiger partial charge in [-0.2, -0.15) is 0 Å². The van der Waals surface area contributed by atoms with Crippen molar-refractivity contribution in [3.63, 3.8) is 0 Å². The van der Waals surface area contributed by atoms with Gasteiger partial charge in [-0.3, -0.25) is 14.6 Å². The van der Waals surface area contributed by atoms with Crippen molar-refractivity contribution < 1.29 is 19.1 Å². The maximum absolute atomic E-state index is 12.5. The minimum Gasteiger partial charge on any atom is -0.442 e. The first kappa shape index (κ1) is 21.5. The third-order valence-corrected chi connectivity index (χ3v) is 6.61. The molecule has 2 saturated heterocycles. The number of benzene rings is 1. The van der Waals surface area contributed by atoms with Gasteiger partial charge in [-0.15, -0.1) is 11.3 Å². The van der Waals surface area contributed by atoms with Gasteiger partial charge in [0.2, 0.25) is 0 Å². The molecule has 2 fully saturated rings. The summed E-state index contributed by atoms with van der Waals surface area (Å²) in [5.74, 6) is -0.247. The summed E-state index contributed by atoms with van der Waals surface area (Å²) in [4.78, 5) is 42.6. The first-order valence-electron chi connectivity index (χ1n) is 9.98. The van der Waals surface area contributed by atoms with Crippen LogP contribution >= 0.6 is 22.9 Å². The summed E-state index contributed by atoms with van der Waals surface area (Å²) in [6.07, 6.45) is -0.00371. The first-order valence-corrected chi connectivity index (χ1v) is 11.2. The molecule has 4 amide bonds. The molecular formula is C21H23ClN4O4S. The highest BCUT2D eigenvalue weighted by Crippen LogP contribution is 2.30. The highest BCUT2D eigenvalue weighted by atomic mass is 35.5. The molecule has 2 aliphatic rings. The molecule has 10 heteroatoms. The summed E-state index contributed by atoms with van der Waals surface area (Å²) in [5.41, 5.74) is 2.44. The van der Waals surface area contributed by atoms with Gasteiger partial charge in [0.15, 0.2) is 0 Å². The molecule has 2 aliphatic heterocycles. The van der Waals surface area contributed by atoms with Crippen molar-refractivity contribution in [1.82, 2.24) is 10.2 Å². The molecule has 0 bridgehead atoms. The molecular weight excluding hydrogens is 440 g/mol. The van der Waals surface area contributed by atoms with Crippen LogP contribution in [0.25, 0.3) is 0 Å². The average molecular weight is 463 g/mol. The fraction of sp³-hybridized carbons (Fsp3) is 0.381. The van der Waals surface area contributed by atoms with Crippen molar-refractivity contribution in [2.45, 2.75) is 19.4 Å². The number of anilines is 2. The van der Waals surface area contributed by atoms with E-state index < -0.39 is 12.2 Å². The SMILES string of the molecule is Cc1cc(N2CC(CNC(=O)c3ccc(Cl)s3)OC2=O)ccc1N1CCCN(C)C1=O. The molecule has 1 N–H and O–H groups in total.